The van der Waals surface area contributed by atoms with E-state index in [0.29, 0.717) is 18.4 Å². The number of aliphatic hydroxyl groups is 2. The van der Waals surface area contributed by atoms with Crippen LogP contribution in [0, 0.1) is 16.7 Å². The van der Waals surface area contributed by atoms with Gasteiger partial charge in [0.05, 0.1) is 35.6 Å². The Morgan fingerprint density at radius 1 is 0.848 bits per heavy atom. The van der Waals surface area contributed by atoms with Crippen LogP contribution in [0.1, 0.15) is 177 Å². The number of Topliss-reactive ketones (excluding diaryl/α,β-unsaturated/α-hetero) is 1. The zero-order chi connectivity index (χ0) is 58.5. The molecule has 17 nitrogen and oxygen atoms in total. The molecule has 1 aromatic rings. The van der Waals surface area contributed by atoms with Gasteiger partial charge in [0.2, 0.25) is 6.10 Å². The van der Waals surface area contributed by atoms with Gasteiger partial charge in [-0.2, -0.15) is 0 Å². The molecule has 11 atom stereocenters. The summed E-state index contributed by atoms with van der Waals surface area (Å²) in [4.78, 5) is 99.7. The van der Waals surface area contributed by atoms with Gasteiger partial charge in [-0.3, -0.25) is 19.2 Å². The van der Waals surface area contributed by atoms with Gasteiger partial charge in [0.25, 0.3) is 0 Å². The van der Waals surface area contributed by atoms with E-state index in [4.69, 9.17) is 33.2 Å². The van der Waals surface area contributed by atoms with Crippen LogP contribution in [0.5, 0.6) is 0 Å². The third-order valence-electron chi connectivity index (χ3n) is 15.7. The summed E-state index contributed by atoms with van der Waals surface area (Å²) in [6, 6.07) is 6.52. The molecule has 1 aromatic carbocycles. The molecule has 5 rings (SSSR count). The van der Waals surface area contributed by atoms with Crippen molar-refractivity contribution in [1.82, 2.24) is 5.32 Å². The van der Waals surface area contributed by atoms with Crippen LogP contribution in [0.4, 0.5) is 4.79 Å². The lowest BCUT2D eigenvalue weighted by molar-refractivity contribution is -0.346. The van der Waals surface area contributed by atoms with Crippen LogP contribution in [0.25, 0.3) is 0 Å². The predicted octanol–water partition coefficient (Wildman–Crippen LogP) is 9.95. The fraction of sp³-hybridized carbons (Fsp3) is 0.629. The van der Waals surface area contributed by atoms with Gasteiger partial charge in [0.1, 0.15) is 29.5 Å². The monoisotopic (exact) mass is 1100 g/mol. The fourth-order valence-electron chi connectivity index (χ4n) is 11.6. The Morgan fingerprint density at radius 3 is 2.08 bits per heavy atom. The van der Waals surface area contributed by atoms with Gasteiger partial charge >= 0.3 is 35.9 Å². The first-order valence-electron chi connectivity index (χ1n) is 28.1. The quantitative estimate of drug-likeness (QED) is 0.0378. The van der Waals surface area contributed by atoms with E-state index in [2.05, 4.69) is 48.7 Å². The number of ketones is 1. The van der Waals surface area contributed by atoms with Crippen molar-refractivity contribution in [1.29, 1.82) is 0 Å². The molecule has 3 aliphatic carbocycles. The average molecular weight is 1100 g/mol. The molecule has 1 amide bonds. The number of unbranched alkanes of at least 4 members (excludes halogenated alkanes) is 5. The summed E-state index contributed by atoms with van der Waals surface area (Å²) in [5, 5.41) is 29.0. The molecular formula is C62H87NO16. The number of allylic oxidation sites excluding steroid dienone is 7. The van der Waals surface area contributed by atoms with E-state index >= 15 is 9.59 Å². The van der Waals surface area contributed by atoms with Crippen LogP contribution in [-0.4, -0.2) is 118 Å². The number of esters is 5. The maximum Gasteiger partial charge on any atom is 0.408 e. The number of hydrogen-bond acceptors (Lipinski definition) is 16. The molecule has 3 N–H and O–H groups in total. The first-order chi connectivity index (χ1) is 37.2. The number of carbonyl (C=O) groups excluding carboxylic acids is 7. The van der Waals surface area contributed by atoms with Gasteiger partial charge in [-0.05, 0) is 110 Å². The highest BCUT2D eigenvalue weighted by atomic mass is 16.6. The van der Waals surface area contributed by atoms with Gasteiger partial charge in [0.15, 0.2) is 17.5 Å². The molecule has 436 valence electrons. The topological polar surface area (TPSA) is 237 Å². The summed E-state index contributed by atoms with van der Waals surface area (Å²) in [5.41, 5.74) is -8.17. The third-order valence-corrected chi connectivity index (χ3v) is 15.7. The maximum absolute atomic E-state index is 15.9. The molecule has 0 aromatic heterocycles. The van der Waals surface area contributed by atoms with Crippen molar-refractivity contribution in [2.75, 3.05) is 6.61 Å². The first-order valence-corrected chi connectivity index (χ1v) is 28.1. The second-order valence-corrected chi connectivity index (χ2v) is 23.3. The van der Waals surface area contributed by atoms with Crippen LogP contribution in [-0.2, 0) is 57.1 Å². The van der Waals surface area contributed by atoms with Crippen molar-refractivity contribution in [3.8, 4) is 0 Å². The van der Waals surface area contributed by atoms with Crippen molar-refractivity contribution in [2.24, 2.45) is 16.7 Å². The molecule has 3 fully saturated rings. The number of benzene rings is 1. The van der Waals surface area contributed by atoms with Crippen LogP contribution in [0.15, 0.2) is 89.6 Å². The second kappa shape index (κ2) is 27.5. The molecule has 2 bridgehead atoms. The average Bonchev–Trinajstić information content (AvgIpc) is 2.69. The van der Waals surface area contributed by atoms with E-state index in [-0.39, 0.29) is 42.6 Å². The minimum absolute atomic E-state index is 0.00696. The van der Waals surface area contributed by atoms with Gasteiger partial charge < -0.3 is 48.7 Å². The van der Waals surface area contributed by atoms with Crippen molar-refractivity contribution in [3.05, 3.63) is 95.1 Å². The van der Waals surface area contributed by atoms with Gasteiger partial charge in [-0.1, -0.05) is 113 Å². The number of rotatable bonds is 24. The minimum atomic E-state index is -2.44. The zero-order valence-electron chi connectivity index (χ0n) is 48.6. The summed E-state index contributed by atoms with van der Waals surface area (Å²) in [6.45, 7) is 19.0. The van der Waals surface area contributed by atoms with E-state index in [1.165, 1.54) is 32.1 Å². The molecular weight excluding hydrogens is 1010 g/mol. The standard InChI is InChI=1S/C62H87NO16/c1-13-15-16-17-18-19-20-21-22-23-24-25-26-27-31-34-48(67)76-50(43(35-39(3)4)63-57(71)79-58(7,8)9)56(70)74-44-37-62(72)54(77-55(69)42-32-29-28-30-33-42)52-60(12,45(65)36-46-61(52,38-73-46)78-41(6)64)53(68)51(75-47(66)14-2)49(40(44)5)59(62,10)11/h15-16,18-19,21-22,28-30,32-33,35,43-46,50-52,54,65,72H,13-14,17,20,23-27,31,34,36-38H2,1-12H3,(H,63,71)/b16-15-,19-18-,22-21-/t43-,44-,45-,46+,50+,51+,52?,54-,60+,61-,62+/m0/s1. The van der Waals surface area contributed by atoms with Crippen molar-refractivity contribution in [3.63, 3.8) is 0 Å². The SMILES string of the molecule is CC/C=C\C/C=C\C/C=C\CCCCCCCC(=O)O[C@@H](C(=O)O[C@H]1C[C@@]2(O)[C@@H](OC(=O)c3ccccc3)C3[C@](C)(C(=O)[C@H](OC(=O)CC)C(=C1C)C2(C)C)[C@@H](O)C[C@H]1OC[C@@]31OC(C)=O)[C@H](C=C(C)C)NC(=O)OC(C)(C)C. The molecule has 0 radical (unpaired) electrons. The largest absolute Gasteiger partial charge is 0.455 e. The highest BCUT2D eigenvalue weighted by Gasteiger charge is 2.78. The zero-order valence-corrected chi connectivity index (χ0v) is 48.6. The van der Waals surface area contributed by atoms with Gasteiger partial charge in [0, 0.05) is 38.0 Å². The van der Waals surface area contributed by atoms with Crippen molar-refractivity contribution in [2.45, 2.75) is 226 Å². The number of amides is 1. The normalized spacial score (nSPS) is 28.0. The van der Waals surface area contributed by atoms with E-state index in [1.807, 2.05) is 0 Å². The van der Waals surface area contributed by atoms with E-state index in [1.54, 1.807) is 73.6 Å². The van der Waals surface area contributed by atoms with Crippen LogP contribution >= 0.6 is 0 Å². The first kappa shape index (κ1) is 63.9. The lowest BCUT2D eigenvalue weighted by Crippen LogP contribution is -2.82. The number of fused-ring (bicyclic) bond motifs is 5. The number of ether oxygens (including phenoxy) is 7. The van der Waals surface area contributed by atoms with Crippen molar-refractivity contribution >= 4 is 41.7 Å². The maximum atomic E-state index is 15.9. The Bertz CT molecular complexity index is 2500. The summed E-state index contributed by atoms with van der Waals surface area (Å²) in [5.74, 6) is -6.91. The number of nitrogens with one attached hydrogen (secondary N) is 1. The van der Waals surface area contributed by atoms with Crippen LogP contribution in [0.2, 0.25) is 0 Å². The van der Waals surface area contributed by atoms with Crippen LogP contribution < -0.4 is 5.32 Å². The number of alkyl carbamates (subject to hydrolysis) is 1. The molecule has 0 spiro atoms. The second-order valence-electron chi connectivity index (χ2n) is 23.3. The van der Waals surface area contributed by atoms with E-state index in [0.717, 1.165) is 51.9 Å². The molecule has 79 heavy (non-hydrogen) atoms. The Kier molecular flexibility index (Phi) is 22.3. The molecule has 1 unspecified atom stereocenters. The molecule has 17 heteroatoms. The molecule has 2 saturated carbocycles. The molecule has 1 aliphatic heterocycles. The smallest absolute Gasteiger partial charge is 0.408 e. The molecule has 1 heterocycles. The lowest BCUT2D eigenvalue weighted by Gasteiger charge is -2.67. The number of aliphatic hydroxyl groups excluding tert-OH is 1. The highest BCUT2D eigenvalue weighted by molar-refractivity contribution is 5.96. The summed E-state index contributed by atoms with van der Waals surface area (Å²) in [6.07, 6.45) is 10.4. The number of carbonyl (C=O) groups is 7. The molecule has 1 saturated heterocycles. The van der Waals surface area contributed by atoms with Crippen LogP contribution in [0.3, 0.4) is 0 Å². The Balaban J connectivity index is 1.56. The van der Waals surface area contributed by atoms with Gasteiger partial charge in [-0.15, -0.1) is 0 Å². The lowest BCUT2D eigenvalue weighted by atomic mass is 9.44. The Labute approximate surface area is 466 Å². The summed E-state index contributed by atoms with van der Waals surface area (Å²) < 4.78 is 42.7. The van der Waals surface area contributed by atoms with Gasteiger partial charge in [-0.25, -0.2) is 14.4 Å². The van der Waals surface area contributed by atoms with E-state index in [9.17, 15) is 34.2 Å². The Morgan fingerprint density at radius 2 is 1.48 bits per heavy atom. The highest BCUT2D eigenvalue weighted by Crippen LogP contribution is 2.64. The third kappa shape index (κ3) is 15.1. The Hall–Kier alpha value is -5.91. The van der Waals surface area contributed by atoms with E-state index < -0.39 is 124 Å². The minimum Gasteiger partial charge on any atom is -0.455 e. The summed E-state index contributed by atoms with van der Waals surface area (Å²) in [7, 11) is 0. The molecule has 4 aliphatic rings. The number of hydrogen-bond donors (Lipinski definition) is 3. The fourth-order valence-corrected chi connectivity index (χ4v) is 11.6. The predicted molar refractivity (Wildman–Crippen MR) is 295 cm³/mol. The van der Waals surface area contributed by atoms with Crippen molar-refractivity contribution < 1.29 is 76.9 Å². The summed E-state index contributed by atoms with van der Waals surface area (Å²) >= 11 is 0.